The fourth-order valence-electron chi connectivity index (χ4n) is 2.18. The van der Waals surface area contributed by atoms with Gasteiger partial charge in [0.1, 0.15) is 6.61 Å². The Labute approximate surface area is 237 Å². The van der Waals surface area contributed by atoms with E-state index in [4.69, 9.17) is 16.2 Å². The van der Waals surface area contributed by atoms with E-state index in [1.807, 2.05) is 41.5 Å². The van der Waals surface area contributed by atoms with E-state index in [1.165, 1.54) is 26.4 Å². The molecule has 0 radical (unpaired) electrons. The summed E-state index contributed by atoms with van der Waals surface area (Å²) in [6, 6.07) is -0.478. The summed E-state index contributed by atoms with van der Waals surface area (Å²) in [4.78, 5) is 21.2. The van der Waals surface area contributed by atoms with Crippen molar-refractivity contribution in [2.45, 2.75) is 139 Å². The number of unbranched alkanes of at least 4 members (excludes halogenated alkanes) is 2. The van der Waals surface area contributed by atoms with Gasteiger partial charge in [0.25, 0.3) is 5.91 Å². The monoisotopic (exact) mass is 552 g/mol. The van der Waals surface area contributed by atoms with E-state index in [2.05, 4.69) is 62.4 Å². The van der Waals surface area contributed by atoms with E-state index in [0.29, 0.717) is 13.2 Å². The van der Waals surface area contributed by atoms with Crippen LogP contribution in [-0.4, -0.2) is 56.5 Å². The van der Waals surface area contributed by atoms with Crippen molar-refractivity contribution in [3.63, 3.8) is 0 Å². The fourth-order valence-corrected chi connectivity index (χ4v) is 2.18. The largest absolute Gasteiger partial charge is 0.376 e. The minimum absolute atomic E-state index is 0.112. The van der Waals surface area contributed by atoms with Gasteiger partial charge >= 0.3 is 6.03 Å². The molecule has 0 aliphatic rings. The van der Waals surface area contributed by atoms with Gasteiger partial charge in [-0.05, 0) is 59.3 Å². The lowest BCUT2D eigenvalue weighted by molar-refractivity contribution is -0.125. The summed E-state index contributed by atoms with van der Waals surface area (Å²) in [7, 11) is 1.50. The predicted molar refractivity (Wildman–Crippen MR) is 165 cm³/mol. The zero-order chi connectivity index (χ0) is 31.0. The molecule has 0 saturated carbocycles. The van der Waals surface area contributed by atoms with Gasteiger partial charge in [-0.25, -0.2) is 10.2 Å². The van der Waals surface area contributed by atoms with Gasteiger partial charge in [0.2, 0.25) is 0 Å². The summed E-state index contributed by atoms with van der Waals surface area (Å²) >= 11 is 0. The average Bonchev–Trinajstić information content (AvgIpc) is 2.78. The summed E-state index contributed by atoms with van der Waals surface area (Å²) < 4.78 is 10.4. The molecule has 0 aliphatic heterocycles. The van der Waals surface area contributed by atoms with Gasteiger partial charge < -0.3 is 26.3 Å². The maximum absolute atomic E-state index is 10.8. The van der Waals surface area contributed by atoms with Crippen LogP contribution in [-0.2, 0) is 14.3 Å². The minimum Gasteiger partial charge on any atom is -0.376 e. The molecule has 0 fully saturated rings. The third-order valence-corrected chi connectivity index (χ3v) is 3.90. The highest BCUT2D eigenvalue weighted by atomic mass is 16.5. The van der Waals surface area contributed by atoms with Crippen LogP contribution in [0.2, 0.25) is 0 Å². The number of rotatable bonds is 15. The van der Waals surface area contributed by atoms with Gasteiger partial charge in [0, 0.05) is 32.3 Å². The van der Waals surface area contributed by atoms with Crippen molar-refractivity contribution in [2.75, 3.05) is 33.4 Å². The Hall–Kier alpha value is -1.42. The number of nitrogens with one attached hydrogen (secondary N) is 3. The molecule has 234 valence electrons. The van der Waals surface area contributed by atoms with E-state index in [-0.39, 0.29) is 23.7 Å². The van der Waals surface area contributed by atoms with Crippen molar-refractivity contribution in [1.29, 1.82) is 0 Å². The first-order chi connectivity index (χ1) is 17.6. The summed E-state index contributed by atoms with van der Waals surface area (Å²) in [5.41, 5.74) is 15.8. The number of primary amides is 1. The quantitative estimate of drug-likeness (QED) is 0.127. The SMILES string of the molecule is CC.CC(C)(N)CCOC(C)(C)CCCNC(N)=O.CC(C)C.CCC.CCCCCNNC(=O)COC. The second-order valence-corrected chi connectivity index (χ2v) is 10.8. The van der Waals surface area contributed by atoms with E-state index in [9.17, 15) is 9.59 Å². The van der Waals surface area contributed by atoms with Crippen LogP contribution in [0, 0.1) is 5.92 Å². The molecule has 0 unspecified atom stereocenters. The number of hydrazine groups is 1. The minimum atomic E-state index is -0.478. The molecule has 0 saturated heterocycles. The van der Waals surface area contributed by atoms with Crippen LogP contribution in [0.1, 0.15) is 128 Å². The van der Waals surface area contributed by atoms with Crippen LogP contribution >= 0.6 is 0 Å². The number of carbonyl (C=O) groups is 2. The van der Waals surface area contributed by atoms with Gasteiger partial charge in [-0.2, -0.15) is 0 Å². The van der Waals surface area contributed by atoms with Crippen LogP contribution in [0.25, 0.3) is 0 Å². The number of nitrogens with two attached hydrogens (primary N) is 2. The predicted octanol–water partition coefficient (Wildman–Crippen LogP) is 5.91. The van der Waals surface area contributed by atoms with Crippen LogP contribution in [0.3, 0.4) is 0 Å². The molecule has 38 heavy (non-hydrogen) atoms. The molecular weight excluding hydrogens is 482 g/mol. The molecule has 0 rings (SSSR count). The van der Waals surface area contributed by atoms with E-state index in [0.717, 1.165) is 38.1 Å². The number of methoxy groups -OCH3 is 1. The summed E-state index contributed by atoms with van der Waals surface area (Å²) in [5.74, 6) is 0.703. The van der Waals surface area contributed by atoms with Crippen molar-refractivity contribution in [3.8, 4) is 0 Å². The highest BCUT2D eigenvalue weighted by Gasteiger charge is 2.19. The lowest BCUT2D eigenvalue weighted by Gasteiger charge is -2.27. The molecule has 3 amide bonds. The lowest BCUT2D eigenvalue weighted by Crippen LogP contribution is -2.39. The van der Waals surface area contributed by atoms with Crippen LogP contribution in [0.4, 0.5) is 4.79 Å². The lowest BCUT2D eigenvalue weighted by atomic mass is 10.0. The highest BCUT2D eigenvalue weighted by Crippen LogP contribution is 2.17. The molecule has 0 aromatic rings. The maximum Gasteiger partial charge on any atom is 0.312 e. The Balaban J connectivity index is -0.000000149. The fraction of sp³-hybridized carbons (Fsp3) is 0.931. The summed E-state index contributed by atoms with van der Waals surface area (Å²) in [6.45, 7) is 27.1. The molecule has 0 aliphatic carbocycles. The molecule has 0 aromatic heterocycles. The van der Waals surface area contributed by atoms with Crippen molar-refractivity contribution in [2.24, 2.45) is 17.4 Å². The zero-order valence-electron chi connectivity index (χ0n) is 27.6. The number of ether oxygens (including phenoxy) is 2. The first-order valence-corrected chi connectivity index (χ1v) is 14.5. The molecule has 0 spiro atoms. The average molecular weight is 552 g/mol. The van der Waals surface area contributed by atoms with Crippen LogP contribution in [0.15, 0.2) is 0 Å². The zero-order valence-corrected chi connectivity index (χ0v) is 27.6. The van der Waals surface area contributed by atoms with Gasteiger partial charge in [-0.1, -0.05) is 74.7 Å². The smallest absolute Gasteiger partial charge is 0.312 e. The summed E-state index contributed by atoms with van der Waals surface area (Å²) in [5, 5.41) is 2.56. The molecular formula is C29H69N5O4. The Bertz CT molecular complexity index is 479. The highest BCUT2D eigenvalue weighted by molar-refractivity contribution is 5.76. The molecule has 0 atom stereocenters. The Morgan fingerprint density at radius 3 is 1.79 bits per heavy atom. The van der Waals surface area contributed by atoms with Gasteiger partial charge in [-0.3, -0.25) is 10.2 Å². The number of carbonyl (C=O) groups excluding carboxylic acids is 2. The Kier molecular flexibility index (Phi) is 41.1. The first kappa shape index (κ1) is 46.4. The number of amides is 3. The standard InChI is InChI=1S/C12H27N3O2.C8H18N2O2.C4H10.C3H8.C2H6/c1-11(2,14)7-9-17-12(3,4)6-5-8-15-10(13)16;1-3-4-5-6-9-10-8(11)7-12-2;1-4(2)3;1-3-2;1-2/h5-9,14H2,1-4H3,(H3,13,15,16);9H,3-7H2,1-2H3,(H,10,11);4H,1-3H3;3H2,1-2H3;1-2H3. The topological polar surface area (TPSA) is 141 Å². The second kappa shape index (κ2) is 33.6. The molecule has 9 nitrogen and oxygen atoms in total. The third kappa shape index (κ3) is 64.5. The Morgan fingerprint density at radius 1 is 0.895 bits per heavy atom. The first-order valence-electron chi connectivity index (χ1n) is 14.5. The number of urea groups is 1. The van der Waals surface area contributed by atoms with Gasteiger partial charge in [-0.15, -0.1) is 0 Å². The third-order valence-electron chi connectivity index (χ3n) is 3.90. The molecule has 9 heteroatoms. The molecule has 0 heterocycles. The summed E-state index contributed by atoms with van der Waals surface area (Å²) in [6.07, 6.45) is 7.26. The van der Waals surface area contributed by atoms with Gasteiger partial charge in [0.05, 0.1) is 5.60 Å². The normalized spacial score (nSPS) is 10.3. The van der Waals surface area contributed by atoms with E-state index >= 15 is 0 Å². The van der Waals surface area contributed by atoms with E-state index in [1.54, 1.807) is 0 Å². The second-order valence-electron chi connectivity index (χ2n) is 10.8. The van der Waals surface area contributed by atoms with Crippen molar-refractivity contribution >= 4 is 11.9 Å². The van der Waals surface area contributed by atoms with Crippen molar-refractivity contribution in [3.05, 3.63) is 0 Å². The van der Waals surface area contributed by atoms with Crippen LogP contribution < -0.4 is 27.6 Å². The van der Waals surface area contributed by atoms with Crippen molar-refractivity contribution < 1.29 is 19.1 Å². The van der Waals surface area contributed by atoms with Crippen LogP contribution in [0.5, 0.6) is 0 Å². The number of hydrogen-bond donors (Lipinski definition) is 5. The molecule has 7 N–H and O–H groups in total. The van der Waals surface area contributed by atoms with Gasteiger partial charge in [0.15, 0.2) is 0 Å². The van der Waals surface area contributed by atoms with Crippen molar-refractivity contribution in [1.82, 2.24) is 16.2 Å². The maximum atomic E-state index is 10.8. The molecule has 0 bridgehead atoms. The molecule has 0 aromatic carbocycles. The van der Waals surface area contributed by atoms with E-state index < -0.39 is 6.03 Å². The number of hydrogen-bond acceptors (Lipinski definition) is 6. The Morgan fingerprint density at radius 2 is 1.39 bits per heavy atom.